The minimum atomic E-state index is 0. The van der Waals surface area contributed by atoms with Crippen LogP contribution >= 0.6 is 0 Å². The second kappa shape index (κ2) is 38.9. The molecule has 0 fully saturated rings. The summed E-state index contributed by atoms with van der Waals surface area (Å²) in [6, 6.07) is 0. The zero-order chi connectivity index (χ0) is 10.2. The van der Waals surface area contributed by atoms with Crippen LogP contribution in [0.25, 0.3) is 17.2 Å². The van der Waals surface area contributed by atoms with Gasteiger partial charge >= 0.3 is 0 Å². The van der Waals surface area contributed by atoms with Crippen LogP contribution in [0.2, 0.25) is 0 Å². The third kappa shape index (κ3) is 109. The van der Waals surface area contributed by atoms with Gasteiger partial charge < -0.3 is 17.2 Å². The largest absolute Gasteiger partial charge is 0.677 e. The normalized spacial score (nSPS) is 6.92. The van der Waals surface area contributed by atoms with Crippen molar-refractivity contribution in [3.63, 3.8) is 0 Å². The molecule has 0 saturated heterocycles. The average molecular weight is 355 g/mol. The van der Waals surface area contributed by atoms with Gasteiger partial charge in [0.15, 0.2) is 0 Å². The monoisotopic (exact) mass is 355 g/mol. The van der Waals surface area contributed by atoms with Gasteiger partial charge in [-0.15, -0.1) is 0 Å². The summed E-state index contributed by atoms with van der Waals surface area (Å²) in [6.45, 7) is 7.69. The Balaban J connectivity index is -0.0000000450. The molecule has 0 bridgehead atoms. The van der Waals surface area contributed by atoms with Gasteiger partial charge in [-0.3, -0.25) is 0 Å². The zero-order valence-electron chi connectivity index (χ0n) is 9.19. The fourth-order valence-electron chi connectivity index (χ4n) is 0. The van der Waals surface area contributed by atoms with Gasteiger partial charge in [0.2, 0.25) is 0 Å². The molecule has 3 nitrogen and oxygen atoms in total. The van der Waals surface area contributed by atoms with Crippen LogP contribution in [0, 0.1) is 0 Å². The van der Waals surface area contributed by atoms with E-state index in [1.54, 1.807) is 0 Å². The van der Waals surface area contributed by atoms with E-state index in [2.05, 4.69) is 0 Å². The van der Waals surface area contributed by atoms with Gasteiger partial charge in [-0.2, -0.15) is 19.6 Å². The molecule has 83 valence electrons. The summed E-state index contributed by atoms with van der Waals surface area (Å²) in [5.41, 5.74) is 19.4. The molecule has 0 aliphatic heterocycles. The summed E-state index contributed by atoms with van der Waals surface area (Å²) in [6.07, 6.45) is 2.96. The van der Waals surface area contributed by atoms with Crippen molar-refractivity contribution >= 4 is 0 Å². The molecule has 0 spiro atoms. The predicted molar refractivity (Wildman–Crippen MR) is 58.4 cm³/mol. The predicted octanol–water partition coefficient (Wildman–Crippen LogP) is 4.34. The third-order valence-corrected chi connectivity index (χ3v) is 0.750. The van der Waals surface area contributed by atoms with E-state index in [1.807, 2.05) is 20.8 Å². The maximum Gasteiger partial charge on any atom is 0 e. The molecule has 0 aliphatic carbocycles. The van der Waals surface area contributed by atoms with E-state index in [0.29, 0.717) is 19.6 Å². The molecule has 0 heterocycles. The molecule has 0 atom stereocenters. The van der Waals surface area contributed by atoms with Crippen LogP contribution in [-0.4, -0.2) is 19.6 Å². The second-order valence-electron chi connectivity index (χ2n) is 2.25. The molecule has 3 N–H and O–H groups in total. The van der Waals surface area contributed by atoms with Crippen molar-refractivity contribution in [3.8, 4) is 0 Å². The molecule has 0 aromatic carbocycles. The molecule has 0 aliphatic rings. The topological polar surface area (TPSA) is 71.4 Å². The van der Waals surface area contributed by atoms with E-state index in [4.69, 9.17) is 17.2 Å². The third-order valence-electron chi connectivity index (χ3n) is 0.750. The van der Waals surface area contributed by atoms with Crippen molar-refractivity contribution in [2.24, 2.45) is 0 Å². The first-order valence-electron chi connectivity index (χ1n) is 4.68. The summed E-state index contributed by atoms with van der Waals surface area (Å²) in [4.78, 5) is 0. The Kier molecular flexibility index (Phi) is 70.1. The van der Waals surface area contributed by atoms with Crippen LogP contribution in [0.4, 0.5) is 0 Å². The van der Waals surface area contributed by atoms with Crippen molar-refractivity contribution in [1.29, 1.82) is 0 Å². The van der Waals surface area contributed by atoms with Crippen molar-refractivity contribution in [2.45, 2.75) is 40.0 Å². The maximum absolute atomic E-state index is 6.45. The fourth-order valence-corrected chi connectivity index (χ4v) is 0. The number of hydrogen-bond donors (Lipinski definition) is 0. The van der Waals surface area contributed by atoms with Crippen LogP contribution in [0.15, 0.2) is 0 Å². The molecule has 0 rings (SSSR count). The molecular formula is C9H24N3Ta-3. The fraction of sp³-hybridized carbons (Fsp3) is 1.00. The Morgan fingerprint density at radius 2 is 0.692 bits per heavy atom. The van der Waals surface area contributed by atoms with Crippen LogP contribution < -0.4 is 0 Å². The first kappa shape index (κ1) is 23.4. The van der Waals surface area contributed by atoms with Crippen LogP contribution in [0.1, 0.15) is 40.0 Å². The summed E-state index contributed by atoms with van der Waals surface area (Å²) < 4.78 is 0. The van der Waals surface area contributed by atoms with Crippen molar-refractivity contribution in [2.75, 3.05) is 19.6 Å². The molecule has 0 aromatic heterocycles. The second-order valence-corrected chi connectivity index (χ2v) is 2.25. The SMILES string of the molecule is CCC[NH-].CCC[NH-].CCC[NH-].[Ta]. The minimum Gasteiger partial charge on any atom is -0.677 e. The molecular weight excluding hydrogens is 331 g/mol. The van der Waals surface area contributed by atoms with Gasteiger partial charge in [0.05, 0.1) is 0 Å². The van der Waals surface area contributed by atoms with Gasteiger partial charge in [0.25, 0.3) is 0 Å². The van der Waals surface area contributed by atoms with E-state index in [-0.39, 0.29) is 22.4 Å². The van der Waals surface area contributed by atoms with Crippen LogP contribution in [0.3, 0.4) is 0 Å². The van der Waals surface area contributed by atoms with Crippen LogP contribution in [0.5, 0.6) is 0 Å². The zero-order valence-corrected chi connectivity index (χ0v) is 12.4. The van der Waals surface area contributed by atoms with E-state index in [0.717, 1.165) is 19.3 Å². The summed E-state index contributed by atoms with van der Waals surface area (Å²) in [7, 11) is 0. The van der Waals surface area contributed by atoms with Gasteiger partial charge in [0, 0.05) is 22.4 Å². The molecule has 13 heavy (non-hydrogen) atoms. The summed E-state index contributed by atoms with van der Waals surface area (Å²) in [5, 5.41) is 0. The molecule has 0 unspecified atom stereocenters. The first-order chi connectivity index (χ1) is 5.74. The Hall–Kier alpha value is 0.620. The number of hydrogen-bond acceptors (Lipinski definition) is 0. The van der Waals surface area contributed by atoms with E-state index < -0.39 is 0 Å². The van der Waals surface area contributed by atoms with E-state index in [9.17, 15) is 0 Å². The number of nitrogens with one attached hydrogen (secondary N) is 3. The Labute approximate surface area is 99.3 Å². The maximum atomic E-state index is 6.45. The van der Waals surface area contributed by atoms with E-state index >= 15 is 0 Å². The summed E-state index contributed by atoms with van der Waals surface area (Å²) >= 11 is 0. The average Bonchev–Trinajstić information content (AvgIpc) is 2.18. The quantitative estimate of drug-likeness (QED) is 0.722. The van der Waals surface area contributed by atoms with Gasteiger partial charge in [-0.1, -0.05) is 40.0 Å². The molecule has 0 aromatic rings. The van der Waals surface area contributed by atoms with Crippen molar-refractivity contribution < 1.29 is 22.4 Å². The van der Waals surface area contributed by atoms with Crippen LogP contribution in [-0.2, 0) is 22.4 Å². The van der Waals surface area contributed by atoms with Gasteiger partial charge in [-0.05, 0) is 0 Å². The minimum absolute atomic E-state index is 0. The molecule has 0 saturated carbocycles. The standard InChI is InChI=1S/3C3H8N.Ta/c3*1-2-3-4;/h3*4H,2-3H2,1H3;/q3*-1;. The molecule has 4 heteroatoms. The first-order valence-corrected chi connectivity index (χ1v) is 4.68. The van der Waals surface area contributed by atoms with Gasteiger partial charge in [0.1, 0.15) is 0 Å². The molecule has 0 amide bonds. The smallest absolute Gasteiger partial charge is 0 e. The van der Waals surface area contributed by atoms with Crippen molar-refractivity contribution in [3.05, 3.63) is 17.2 Å². The Bertz CT molecular complexity index is 30.3. The summed E-state index contributed by atoms with van der Waals surface area (Å²) in [5.74, 6) is 0. The van der Waals surface area contributed by atoms with E-state index in [1.165, 1.54) is 0 Å². The molecule has 1 radical (unpaired) electrons. The Morgan fingerprint density at radius 1 is 0.615 bits per heavy atom. The number of rotatable bonds is 3. The van der Waals surface area contributed by atoms with Crippen molar-refractivity contribution in [1.82, 2.24) is 0 Å². The Morgan fingerprint density at radius 3 is 0.692 bits per heavy atom. The van der Waals surface area contributed by atoms with Gasteiger partial charge in [-0.25, -0.2) is 0 Å².